The minimum atomic E-state index is -0.949. The van der Waals surface area contributed by atoms with Crippen molar-refractivity contribution < 1.29 is 23.9 Å². The SMILES string of the molecule is CC.O=CO[C@H](CP)C(=O)NCC(=O)N[C@@H](P)C(=O)P. The van der Waals surface area contributed by atoms with Gasteiger partial charge in [0.15, 0.2) is 11.6 Å². The third-order valence-electron chi connectivity index (χ3n) is 1.77. The van der Waals surface area contributed by atoms with E-state index in [4.69, 9.17) is 0 Å². The molecule has 3 unspecified atom stereocenters. The van der Waals surface area contributed by atoms with Crippen molar-refractivity contribution in [2.45, 2.75) is 25.7 Å². The summed E-state index contributed by atoms with van der Waals surface area (Å²) in [7, 11) is 6.33. The van der Waals surface area contributed by atoms with E-state index in [1.165, 1.54) is 0 Å². The molecular formula is C10H21N2O5P3. The molecule has 0 aromatic rings. The Balaban J connectivity index is 0. The van der Waals surface area contributed by atoms with Crippen LogP contribution in [0.2, 0.25) is 0 Å². The van der Waals surface area contributed by atoms with Gasteiger partial charge >= 0.3 is 0 Å². The summed E-state index contributed by atoms with van der Waals surface area (Å²) in [6.07, 6.45) is -0.724. The van der Waals surface area contributed by atoms with E-state index in [1.54, 1.807) is 0 Å². The number of rotatable bonds is 8. The summed E-state index contributed by atoms with van der Waals surface area (Å²) in [5, 5.41) is 4.63. The molecule has 5 atom stereocenters. The highest BCUT2D eigenvalue weighted by Gasteiger charge is 2.18. The minimum Gasteiger partial charge on any atom is -0.454 e. The minimum absolute atomic E-state index is 0.167. The van der Waals surface area contributed by atoms with Crippen molar-refractivity contribution in [2.24, 2.45) is 0 Å². The van der Waals surface area contributed by atoms with Gasteiger partial charge in [0.2, 0.25) is 5.91 Å². The zero-order valence-electron chi connectivity index (χ0n) is 11.4. The van der Waals surface area contributed by atoms with Crippen LogP contribution in [0.5, 0.6) is 0 Å². The summed E-state index contributed by atoms with van der Waals surface area (Å²) >= 11 is 0. The molecule has 0 fully saturated rings. The number of ether oxygens (including phenoxy) is 1. The van der Waals surface area contributed by atoms with E-state index in [0.29, 0.717) is 0 Å². The maximum Gasteiger partial charge on any atom is 0.293 e. The molecule has 116 valence electrons. The molecule has 0 aromatic carbocycles. The molecule has 0 radical (unpaired) electrons. The Hall–Kier alpha value is -0.630. The van der Waals surface area contributed by atoms with E-state index in [-0.39, 0.29) is 24.7 Å². The summed E-state index contributed by atoms with van der Waals surface area (Å²) in [4.78, 5) is 43.7. The summed E-state index contributed by atoms with van der Waals surface area (Å²) in [6, 6.07) is 0. The van der Waals surface area contributed by atoms with Crippen LogP contribution in [0.4, 0.5) is 0 Å². The van der Waals surface area contributed by atoms with E-state index in [9.17, 15) is 19.2 Å². The third kappa shape index (κ3) is 10.2. The standard InChI is InChI=1S/C8H15N2O5P3.C2H6/c11-3-15-4(2-16)6(13)9-1-5(12)10-7(17)8(14)18;1-2/h3-4,7H,1-2,16-18H2,(H,9,13)(H,10,12);1-2H3/t4-,7+;/m1./s1. The van der Waals surface area contributed by atoms with Crippen LogP contribution in [0.3, 0.4) is 0 Å². The highest BCUT2D eigenvalue weighted by molar-refractivity contribution is 7.43. The van der Waals surface area contributed by atoms with Crippen LogP contribution in [0.15, 0.2) is 0 Å². The normalized spacial score (nSPS) is 12.1. The molecule has 0 saturated carbocycles. The molecule has 2 N–H and O–H groups in total. The summed E-state index contributed by atoms with van der Waals surface area (Å²) < 4.78 is 4.50. The molecule has 0 heterocycles. The first-order valence-electron chi connectivity index (χ1n) is 5.83. The zero-order valence-corrected chi connectivity index (χ0v) is 14.9. The monoisotopic (exact) mass is 342 g/mol. The molecule has 0 rings (SSSR count). The molecule has 10 heteroatoms. The molecule has 0 spiro atoms. The van der Waals surface area contributed by atoms with Crippen molar-refractivity contribution >= 4 is 51.5 Å². The fourth-order valence-corrected chi connectivity index (χ4v) is 1.46. The predicted molar refractivity (Wildman–Crippen MR) is 86.2 cm³/mol. The summed E-state index contributed by atoms with van der Waals surface area (Å²) in [5.74, 6) is -1.82. The van der Waals surface area contributed by atoms with Gasteiger partial charge in [-0.05, 0) is 0 Å². The maximum absolute atomic E-state index is 11.4. The smallest absolute Gasteiger partial charge is 0.293 e. The number of hydrogen-bond acceptors (Lipinski definition) is 5. The first-order valence-corrected chi connectivity index (χ1v) is 7.89. The largest absolute Gasteiger partial charge is 0.454 e. The van der Waals surface area contributed by atoms with Crippen LogP contribution < -0.4 is 10.6 Å². The van der Waals surface area contributed by atoms with Crippen molar-refractivity contribution in [1.29, 1.82) is 0 Å². The van der Waals surface area contributed by atoms with Crippen molar-refractivity contribution in [3.05, 3.63) is 0 Å². The van der Waals surface area contributed by atoms with Gasteiger partial charge in [0.05, 0.1) is 6.54 Å². The fraction of sp³-hybridized carbons (Fsp3) is 0.600. The van der Waals surface area contributed by atoms with Crippen LogP contribution in [0.1, 0.15) is 13.8 Å². The number of carbonyl (C=O) groups is 4. The third-order valence-corrected chi connectivity index (χ3v) is 3.44. The molecule has 0 bridgehead atoms. The van der Waals surface area contributed by atoms with Gasteiger partial charge in [-0.2, -0.15) is 0 Å². The fourth-order valence-electron chi connectivity index (χ4n) is 0.868. The van der Waals surface area contributed by atoms with Crippen LogP contribution in [0, 0.1) is 0 Å². The van der Waals surface area contributed by atoms with Gasteiger partial charge in [-0.3, -0.25) is 19.2 Å². The molecular weight excluding hydrogens is 321 g/mol. The Kier molecular flexibility index (Phi) is 14.5. The predicted octanol–water partition coefficient (Wildman–Crippen LogP) is -0.735. The second kappa shape index (κ2) is 13.4. The topological polar surface area (TPSA) is 102 Å². The van der Waals surface area contributed by atoms with E-state index >= 15 is 0 Å². The lowest BCUT2D eigenvalue weighted by molar-refractivity contribution is -0.143. The van der Waals surface area contributed by atoms with Crippen molar-refractivity contribution in [2.75, 3.05) is 12.7 Å². The van der Waals surface area contributed by atoms with Crippen molar-refractivity contribution in [3.63, 3.8) is 0 Å². The summed E-state index contributed by atoms with van der Waals surface area (Å²) in [6.45, 7) is 3.87. The second-order valence-corrected chi connectivity index (χ2v) is 4.83. The molecule has 20 heavy (non-hydrogen) atoms. The van der Waals surface area contributed by atoms with E-state index in [2.05, 4.69) is 33.9 Å². The lowest BCUT2D eigenvalue weighted by Gasteiger charge is -2.14. The Morgan fingerprint density at radius 3 is 2.25 bits per heavy atom. The van der Waals surface area contributed by atoms with Gasteiger partial charge < -0.3 is 15.4 Å². The zero-order chi connectivity index (χ0) is 16.1. The number of amides is 2. The van der Waals surface area contributed by atoms with E-state index < -0.39 is 23.7 Å². The van der Waals surface area contributed by atoms with Crippen LogP contribution >= 0.6 is 27.7 Å². The average Bonchev–Trinajstić information content (AvgIpc) is 2.44. The highest BCUT2D eigenvalue weighted by atomic mass is 31.0. The van der Waals surface area contributed by atoms with Gasteiger partial charge in [-0.25, -0.2) is 0 Å². The Morgan fingerprint density at radius 2 is 1.85 bits per heavy atom. The Morgan fingerprint density at radius 1 is 1.30 bits per heavy atom. The quantitative estimate of drug-likeness (QED) is 0.447. The van der Waals surface area contributed by atoms with Gasteiger partial charge in [-0.1, -0.05) is 23.1 Å². The van der Waals surface area contributed by atoms with Gasteiger partial charge in [0.1, 0.15) is 5.78 Å². The van der Waals surface area contributed by atoms with Crippen LogP contribution in [-0.4, -0.2) is 48.4 Å². The van der Waals surface area contributed by atoms with Crippen molar-refractivity contribution in [3.8, 4) is 0 Å². The molecule has 0 saturated heterocycles. The van der Waals surface area contributed by atoms with Crippen molar-refractivity contribution in [1.82, 2.24) is 10.6 Å². The lowest BCUT2D eigenvalue weighted by atomic mass is 10.3. The first kappa shape index (κ1) is 21.7. The molecule has 0 aliphatic rings. The molecule has 0 aliphatic carbocycles. The van der Waals surface area contributed by atoms with E-state index in [0.717, 1.165) is 0 Å². The number of nitrogens with one attached hydrogen (secondary N) is 2. The molecule has 0 aliphatic heterocycles. The Labute approximate surface area is 125 Å². The number of carbonyl (C=O) groups excluding carboxylic acids is 4. The number of hydrogen-bond donors (Lipinski definition) is 2. The first-order chi connectivity index (χ1) is 9.42. The second-order valence-electron chi connectivity index (χ2n) is 3.12. The highest BCUT2D eigenvalue weighted by Crippen LogP contribution is 2.02. The molecule has 7 nitrogen and oxygen atoms in total. The van der Waals surface area contributed by atoms with Crippen LogP contribution in [0.25, 0.3) is 0 Å². The maximum atomic E-state index is 11.4. The lowest BCUT2D eigenvalue weighted by Crippen LogP contribution is -2.45. The van der Waals surface area contributed by atoms with Crippen LogP contribution in [-0.2, 0) is 23.9 Å². The Bertz CT molecular complexity index is 341. The molecule has 2 amide bonds. The van der Waals surface area contributed by atoms with Gasteiger partial charge in [-0.15, -0.1) is 18.5 Å². The van der Waals surface area contributed by atoms with Gasteiger partial charge in [0, 0.05) is 6.16 Å². The van der Waals surface area contributed by atoms with Gasteiger partial charge in [0.25, 0.3) is 12.4 Å². The molecule has 0 aromatic heterocycles. The average molecular weight is 342 g/mol. The van der Waals surface area contributed by atoms with E-state index in [1.807, 2.05) is 23.1 Å². The summed E-state index contributed by atoms with van der Waals surface area (Å²) in [5.41, 5.74) is -0.299.